The van der Waals surface area contributed by atoms with Crippen LogP contribution in [0.3, 0.4) is 0 Å². The third kappa shape index (κ3) is 3.67. The fraction of sp³-hybridized carbons (Fsp3) is 0.684. The van der Waals surface area contributed by atoms with Gasteiger partial charge in [0.15, 0.2) is 0 Å². The number of nitrogens with zero attached hydrogens (tertiary/aromatic N) is 1. The molecule has 3 atom stereocenters. The van der Waals surface area contributed by atoms with Gasteiger partial charge in [0.25, 0.3) is 0 Å². The van der Waals surface area contributed by atoms with E-state index in [2.05, 4.69) is 42.2 Å². The van der Waals surface area contributed by atoms with E-state index >= 15 is 0 Å². The summed E-state index contributed by atoms with van der Waals surface area (Å²) in [7, 11) is 0. The number of unbranched alkanes of at least 4 members (excludes halogenated alkanes) is 1. The summed E-state index contributed by atoms with van der Waals surface area (Å²) in [6.07, 6.45) is 9.08. The van der Waals surface area contributed by atoms with Gasteiger partial charge in [-0.05, 0) is 56.6 Å². The molecule has 21 heavy (non-hydrogen) atoms. The predicted octanol–water partition coefficient (Wildman–Crippen LogP) is 3.91. The number of hydrogen-bond acceptors (Lipinski definition) is 2. The Balaban J connectivity index is 1.70. The van der Waals surface area contributed by atoms with E-state index in [1.54, 1.807) is 0 Å². The molecule has 1 aromatic carbocycles. The first-order valence-corrected chi connectivity index (χ1v) is 8.86. The highest BCUT2D eigenvalue weighted by Crippen LogP contribution is 2.38. The molecule has 0 radical (unpaired) electrons. The van der Waals surface area contributed by atoms with Crippen LogP contribution in [0.5, 0.6) is 0 Å². The first-order chi connectivity index (χ1) is 10.3. The minimum Gasteiger partial charge on any atom is -0.326 e. The van der Waals surface area contributed by atoms with Gasteiger partial charge in [0.05, 0.1) is 0 Å². The van der Waals surface area contributed by atoms with Crippen LogP contribution in [0, 0.1) is 0 Å². The van der Waals surface area contributed by atoms with Crippen molar-refractivity contribution in [2.24, 2.45) is 5.73 Å². The van der Waals surface area contributed by atoms with Crippen LogP contribution in [0.15, 0.2) is 30.3 Å². The molecule has 2 nitrogen and oxygen atoms in total. The molecule has 0 saturated heterocycles. The molecule has 3 unspecified atom stereocenters. The van der Waals surface area contributed by atoms with E-state index in [1.165, 1.54) is 57.1 Å². The Kier molecular flexibility index (Phi) is 4.97. The highest BCUT2D eigenvalue weighted by Gasteiger charge is 2.39. The monoisotopic (exact) mass is 286 g/mol. The van der Waals surface area contributed by atoms with Gasteiger partial charge in [0, 0.05) is 18.1 Å². The van der Waals surface area contributed by atoms with E-state index in [9.17, 15) is 0 Å². The molecule has 2 aliphatic rings. The Morgan fingerprint density at radius 1 is 1.10 bits per heavy atom. The zero-order valence-corrected chi connectivity index (χ0v) is 13.4. The number of rotatable bonds is 6. The van der Waals surface area contributed by atoms with Gasteiger partial charge in [-0.3, -0.25) is 4.90 Å². The first-order valence-electron chi connectivity index (χ1n) is 8.86. The van der Waals surface area contributed by atoms with Crippen molar-refractivity contribution in [1.29, 1.82) is 0 Å². The van der Waals surface area contributed by atoms with Gasteiger partial charge in [-0.15, -0.1) is 0 Å². The fourth-order valence-electron chi connectivity index (χ4n) is 3.95. The number of nitrogens with two attached hydrogens (primary N) is 1. The Morgan fingerprint density at radius 3 is 2.52 bits per heavy atom. The standard InChI is InChI=1S/C19H30N2/c1-2-3-13-21(17-10-11-17)19-14-16(9-12-18(19)20)15-7-5-4-6-8-15/h4-8,16-19H,2-3,9-14,20H2,1H3. The number of benzene rings is 1. The van der Waals surface area contributed by atoms with Gasteiger partial charge in [0.1, 0.15) is 0 Å². The van der Waals surface area contributed by atoms with Crippen LogP contribution in [0.2, 0.25) is 0 Å². The molecular formula is C19H30N2. The van der Waals surface area contributed by atoms with Gasteiger partial charge < -0.3 is 5.73 Å². The van der Waals surface area contributed by atoms with Crippen molar-refractivity contribution in [3.05, 3.63) is 35.9 Å². The third-order valence-electron chi connectivity index (χ3n) is 5.35. The van der Waals surface area contributed by atoms with Crippen molar-refractivity contribution in [3.63, 3.8) is 0 Å². The van der Waals surface area contributed by atoms with Crippen molar-refractivity contribution in [3.8, 4) is 0 Å². The molecule has 0 aromatic heterocycles. The van der Waals surface area contributed by atoms with Gasteiger partial charge in [-0.2, -0.15) is 0 Å². The van der Waals surface area contributed by atoms with Gasteiger partial charge in [0.2, 0.25) is 0 Å². The summed E-state index contributed by atoms with van der Waals surface area (Å²) in [5.74, 6) is 0.707. The lowest BCUT2D eigenvalue weighted by atomic mass is 9.78. The van der Waals surface area contributed by atoms with Crippen molar-refractivity contribution in [1.82, 2.24) is 4.90 Å². The summed E-state index contributed by atoms with van der Waals surface area (Å²) in [5, 5.41) is 0. The van der Waals surface area contributed by atoms with E-state index in [1.807, 2.05) is 0 Å². The minimum absolute atomic E-state index is 0.377. The van der Waals surface area contributed by atoms with Crippen molar-refractivity contribution >= 4 is 0 Å². The molecule has 2 saturated carbocycles. The Hall–Kier alpha value is -0.860. The van der Waals surface area contributed by atoms with E-state index in [0.717, 1.165) is 6.04 Å². The second-order valence-corrected chi connectivity index (χ2v) is 6.97. The molecule has 2 fully saturated rings. The van der Waals surface area contributed by atoms with Crippen LogP contribution < -0.4 is 5.73 Å². The average Bonchev–Trinajstić information content (AvgIpc) is 3.35. The van der Waals surface area contributed by atoms with Crippen LogP contribution in [-0.4, -0.2) is 29.6 Å². The summed E-state index contributed by atoms with van der Waals surface area (Å²) >= 11 is 0. The molecule has 0 aliphatic heterocycles. The van der Waals surface area contributed by atoms with E-state index in [-0.39, 0.29) is 0 Å². The van der Waals surface area contributed by atoms with Crippen LogP contribution in [0.1, 0.15) is 63.4 Å². The van der Waals surface area contributed by atoms with E-state index < -0.39 is 0 Å². The molecule has 0 amide bonds. The second kappa shape index (κ2) is 6.93. The topological polar surface area (TPSA) is 29.3 Å². The molecule has 2 heteroatoms. The van der Waals surface area contributed by atoms with Crippen LogP contribution in [0.4, 0.5) is 0 Å². The molecule has 3 rings (SSSR count). The normalized spacial score (nSPS) is 29.8. The van der Waals surface area contributed by atoms with Crippen LogP contribution in [-0.2, 0) is 0 Å². The first kappa shape index (κ1) is 15.1. The summed E-state index contributed by atoms with van der Waals surface area (Å²) in [6.45, 7) is 3.54. The lowest BCUT2D eigenvalue weighted by Crippen LogP contribution is -2.52. The average molecular weight is 286 g/mol. The molecule has 1 aromatic rings. The largest absolute Gasteiger partial charge is 0.326 e. The zero-order valence-electron chi connectivity index (χ0n) is 13.4. The third-order valence-corrected chi connectivity index (χ3v) is 5.35. The second-order valence-electron chi connectivity index (χ2n) is 6.97. The zero-order chi connectivity index (χ0) is 14.7. The highest BCUT2D eigenvalue weighted by molar-refractivity contribution is 5.21. The quantitative estimate of drug-likeness (QED) is 0.859. The molecule has 0 bridgehead atoms. The number of hydrogen-bond donors (Lipinski definition) is 1. The minimum atomic E-state index is 0.377. The van der Waals surface area contributed by atoms with Crippen molar-refractivity contribution in [2.75, 3.05) is 6.54 Å². The lowest BCUT2D eigenvalue weighted by molar-refractivity contribution is 0.118. The van der Waals surface area contributed by atoms with Gasteiger partial charge in [-0.25, -0.2) is 0 Å². The highest BCUT2D eigenvalue weighted by atomic mass is 15.2. The Labute approximate surface area is 129 Å². The summed E-state index contributed by atoms with van der Waals surface area (Å²) in [5.41, 5.74) is 8.03. The molecule has 2 N–H and O–H groups in total. The summed E-state index contributed by atoms with van der Waals surface area (Å²) in [6, 6.07) is 12.9. The van der Waals surface area contributed by atoms with Crippen molar-refractivity contribution < 1.29 is 0 Å². The maximum Gasteiger partial charge on any atom is 0.0255 e. The summed E-state index contributed by atoms with van der Waals surface area (Å²) in [4.78, 5) is 2.77. The Bertz CT molecular complexity index is 426. The van der Waals surface area contributed by atoms with E-state index in [0.29, 0.717) is 18.0 Å². The molecular weight excluding hydrogens is 256 g/mol. The van der Waals surface area contributed by atoms with Crippen molar-refractivity contribution in [2.45, 2.75) is 75.9 Å². The van der Waals surface area contributed by atoms with Crippen LogP contribution >= 0.6 is 0 Å². The van der Waals surface area contributed by atoms with Gasteiger partial charge >= 0.3 is 0 Å². The molecule has 116 valence electrons. The van der Waals surface area contributed by atoms with Crippen LogP contribution in [0.25, 0.3) is 0 Å². The maximum atomic E-state index is 6.52. The lowest BCUT2D eigenvalue weighted by Gasteiger charge is -2.42. The molecule has 2 aliphatic carbocycles. The SMILES string of the molecule is CCCCN(C1CC1)C1CC(c2ccccc2)CCC1N. The summed E-state index contributed by atoms with van der Waals surface area (Å²) < 4.78 is 0. The maximum absolute atomic E-state index is 6.52. The molecule has 0 heterocycles. The fourth-order valence-corrected chi connectivity index (χ4v) is 3.95. The Morgan fingerprint density at radius 2 is 1.86 bits per heavy atom. The molecule has 0 spiro atoms. The predicted molar refractivity (Wildman–Crippen MR) is 89.4 cm³/mol. The smallest absolute Gasteiger partial charge is 0.0255 e. The van der Waals surface area contributed by atoms with E-state index in [4.69, 9.17) is 5.73 Å². The van der Waals surface area contributed by atoms with Gasteiger partial charge in [-0.1, -0.05) is 43.7 Å².